The van der Waals surface area contributed by atoms with Crippen LogP contribution in [0.3, 0.4) is 0 Å². The van der Waals surface area contributed by atoms with Gasteiger partial charge in [0.2, 0.25) is 0 Å². The van der Waals surface area contributed by atoms with Gasteiger partial charge in [0.25, 0.3) is 0 Å². The van der Waals surface area contributed by atoms with Crippen LogP contribution in [0.15, 0.2) is 39.1 Å². The first-order valence-electron chi connectivity index (χ1n) is 6.65. The third kappa shape index (κ3) is 4.82. The maximum absolute atomic E-state index is 4.48. The Labute approximate surface area is 138 Å². The SMILES string of the molecule is CN=C(NCc1ccc(Br)cc1)N(C)Cc1csc(C)n1. The minimum absolute atomic E-state index is 0.750. The Kier molecular flexibility index (Phi) is 5.76. The Bertz CT molecular complexity index is 606. The molecule has 1 aromatic carbocycles. The zero-order valence-corrected chi connectivity index (χ0v) is 14.8. The second kappa shape index (κ2) is 7.56. The molecule has 2 rings (SSSR count). The molecule has 0 saturated heterocycles. The van der Waals surface area contributed by atoms with Gasteiger partial charge in [-0.15, -0.1) is 11.3 Å². The average Bonchev–Trinajstić information content (AvgIpc) is 2.87. The lowest BCUT2D eigenvalue weighted by molar-refractivity contribution is 0.470. The van der Waals surface area contributed by atoms with Gasteiger partial charge in [0, 0.05) is 30.5 Å². The number of nitrogens with one attached hydrogen (secondary N) is 1. The molecule has 0 aliphatic heterocycles. The van der Waals surface area contributed by atoms with E-state index in [9.17, 15) is 0 Å². The number of thiazole rings is 1. The van der Waals surface area contributed by atoms with Crippen LogP contribution in [-0.4, -0.2) is 29.9 Å². The number of nitrogens with zero attached hydrogens (tertiary/aromatic N) is 3. The molecule has 0 bridgehead atoms. The van der Waals surface area contributed by atoms with E-state index in [-0.39, 0.29) is 0 Å². The van der Waals surface area contributed by atoms with E-state index in [1.165, 1.54) is 5.56 Å². The fraction of sp³-hybridized carbons (Fsp3) is 0.333. The van der Waals surface area contributed by atoms with Gasteiger partial charge in [-0.25, -0.2) is 4.98 Å². The van der Waals surface area contributed by atoms with E-state index in [4.69, 9.17) is 0 Å². The Morgan fingerprint density at radius 1 is 1.38 bits per heavy atom. The van der Waals surface area contributed by atoms with Gasteiger partial charge >= 0.3 is 0 Å². The molecule has 0 aliphatic rings. The van der Waals surface area contributed by atoms with E-state index in [2.05, 4.69) is 53.6 Å². The molecular weight excluding hydrogens is 348 g/mol. The van der Waals surface area contributed by atoms with Crippen LogP contribution in [0.5, 0.6) is 0 Å². The van der Waals surface area contributed by atoms with Gasteiger partial charge in [-0.2, -0.15) is 0 Å². The summed E-state index contributed by atoms with van der Waals surface area (Å²) in [5, 5.41) is 6.55. The van der Waals surface area contributed by atoms with Crippen LogP contribution in [0.2, 0.25) is 0 Å². The molecule has 6 heteroatoms. The number of benzene rings is 1. The van der Waals surface area contributed by atoms with E-state index in [1.54, 1.807) is 18.4 Å². The topological polar surface area (TPSA) is 40.5 Å². The monoisotopic (exact) mass is 366 g/mol. The second-order valence-corrected chi connectivity index (χ2v) is 6.72. The van der Waals surface area contributed by atoms with E-state index in [0.29, 0.717) is 0 Å². The largest absolute Gasteiger partial charge is 0.352 e. The fourth-order valence-electron chi connectivity index (χ4n) is 1.97. The molecule has 0 aliphatic carbocycles. The minimum atomic E-state index is 0.750. The Hall–Kier alpha value is -1.40. The number of aromatic nitrogens is 1. The fourth-order valence-corrected chi connectivity index (χ4v) is 2.83. The summed E-state index contributed by atoms with van der Waals surface area (Å²) in [6, 6.07) is 8.27. The van der Waals surface area contributed by atoms with Gasteiger partial charge in [-0.3, -0.25) is 4.99 Å². The predicted molar refractivity (Wildman–Crippen MR) is 92.7 cm³/mol. The van der Waals surface area contributed by atoms with Crippen molar-refractivity contribution in [3.05, 3.63) is 50.4 Å². The first kappa shape index (κ1) is 16.0. The quantitative estimate of drug-likeness (QED) is 0.665. The summed E-state index contributed by atoms with van der Waals surface area (Å²) in [6.07, 6.45) is 0. The Morgan fingerprint density at radius 2 is 2.10 bits per heavy atom. The van der Waals surface area contributed by atoms with Crippen LogP contribution < -0.4 is 5.32 Å². The van der Waals surface area contributed by atoms with Crippen molar-refractivity contribution in [1.82, 2.24) is 15.2 Å². The minimum Gasteiger partial charge on any atom is -0.352 e. The predicted octanol–water partition coefficient (Wildman–Crippen LogP) is 3.42. The van der Waals surface area contributed by atoms with E-state index >= 15 is 0 Å². The van der Waals surface area contributed by atoms with Crippen molar-refractivity contribution >= 4 is 33.2 Å². The molecule has 1 N–H and O–H groups in total. The molecule has 112 valence electrons. The molecule has 0 unspecified atom stereocenters. The summed E-state index contributed by atoms with van der Waals surface area (Å²) in [5.41, 5.74) is 2.30. The summed E-state index contributed by atoms with van der Waals surface area (Å²) in [6.45, 7) is 3.53. The van der Waals surface area contributed by atoms with Gasteiger partial charge in [-0.05, 0) is 24.6 Å². The van der Waals surface area contributed by atoms with Crippen LogP contribution in [-0.2, 0) is 13.1 Å². The number of guanidine groups is 1. The van der Waals surface area contributed by atoms with Crippen LogP contribution in [0, 0.1) is 6.92 Å². The van der Waals surface area contributed by atoms with Crippen LogP contribution in [0.25, 0.3) is 0 Å². The molecule has 1 aromatic heterocycles. The van der Waals surface area contributed by atoms with E-state index in [0.717, 1.165) is 34.2 Å². The lowest BCUT2D eigenvalue weighted by atomic mass is 10.2. The first-order valence-corrected chi connectivity index (χ1v) is 8.33. The highest BCUT2D eigenvalue weighted by Gasteiger charge is 2.08. The van der Waals surface area contributed by atoms with Gasteiger partial charge < -0.3 is 10.2 Å². The average molecular weight is 367 g/mol. The van der Waals surface area contributed by atoms with Crippen LogP contribution >= 0.6 is 27.3 Å². The Balaban J connectivity index is 1.91. The summed E-state index contributed by atoms with van der Waals surface area (Å²) < 4.78 is 1.09. The third-order valence-electron chi connectivity index (χ3n) is 3.00. The molecule has 21 heavy (non-hydrogen) atoms. The van der Waals surface area contributed by atoms with Gasteiger partial charge in [0.15, 0.2) is 5.96 Å². The maximum atomic E-state index is 4.48. The number of rotatable bonds is 4. The molecular formula is C15H19BrN4S. The van der Waals surface area contributed by atoms with Crippen molar-refractivity contribution in [2.24, 2.45) is 4.99 Å². The molecule has 0 atom stereocenters. The highest BCUT2D eigenvalue weighted by Crippen LogP contribution is 2.11. The molecule has 0 radical (unpaired) electrons. The molecule has 0 fully saturated rings. The highest BCUT2D eigenvalue weighted by atomic mass is 79.9. The summed E-state index contributed by atoms with van der Waals surface area (Å²) >= 11 is 5.12. The summed E-state index contributed by atoms with van der Waals surface area (Å²) in [5.74, 6) is 0.864. The van der Waals surface area contributed by atoms with Gasteiger partial charge in [-0.1, -0.05) is 28.1 Å². The number of hydrogen-bond donors (Lipinski definition) is 1. The Morgan fingerprint density at radius 3 is 2.67 bits per heavy atom. The highest BCUT2D eigenvalue weighted by molar-refractivity contribution is 9.10. The molecule has 1 heterocycles. The normalized spacial score (nSPS) is 11.5. The number of hydrogen-bond acceptors (Lipinski definition) is 3. The first-order chi connectivity index (χ1) is 10.1. The molecule has 0 spiro atoms. The van der Waals surface area contributed by atoms with Crippen molar-refractivity contribution in [1.29, 1.82) is 0 Å². The number of aryl methyl sites for hydroxylation is 1. The van der Waals surface area contributed by atoms with Gasteiger partial charge in [0.1, 0.15) is 0 Å². The van der Waals surface area contributed by atoms with Crippen molar-refractivity contribution in [2.45, 2.75) is 20.0 Å². The molecule has 2 aromatic rings. The summed E-state index contributed by atoms with van der Waals surface area (Å²) in [4.78, 5) is 10.9. The van der Waals surface area contributed by atoms with Crippen molar-refractivity contribution in [3.8, 4) is 0 Å². The summed E-state index contributed by atoms with van der Waals surface area (Å²) in [7, 11) is 3.82. The zero-order valence-electron chi connectivity index (χ0n) is 12.4. The van der Waals surface area contributed by atoms with E-state index in [1.807, 2.05) is 26.1 Å². The van der Waals surface area contributed by atoms with Crippen LogP contribution in [0.1, 0.15) is 16.3 Å². The van der Waals surface area contributed by atoms with Crippen LogP contribution in [0.4, 0.5) is 0 Å². The standard InChI is InChI=1S/C15H19BrN4S/c1-11-19-14(10-21-11)9-20(3)15(17-2)18-8-12-4-6-13(16)7-5-12/h4-7,10H,8-9H2,1-3H3,(H,17,18). The van der Waals surface area contributed by atoms with Crippen molar-refractivity contribution in [2.75, 3.05) is 14.1 Å². The lowest BCUT2D eigenvalue weighted by Crippen LogP contribution is -2.38. The maximum Gasteiger partial charge on any atom is 0.194 e. The molecule has 0 saturated carbocycles. The smallest absolute Gasteiger partial charge is 0.194 e. The number of halogens is 1. The lowest BCUT2D eigenvalue weighted by Gasteiger charge is -2.21. The van der Waals surface area contributed by atoms with Gasteiger partial charge in [0.05, 0.1) is 17.2 Å². The van der Waals surface area contributed by atoms with E-state index < -0.39 is 0 Å². The zero-order chi connectivity index (χ0) is 15.2. The van der Waals surface area contributed by atoms with Crippen molar-refractivity contribution < 1.29 is 0 Å². The second-order valence-electron chi connectivity index (χ2n) is 4.74. The number of aliphatic imine (C=N–C) groups is 1. The van der Waals surface area contributed by atoms with Crippen molar-refractivity contribution in [3.63, 3.8) is 0 Å². The molecule has 0 amide bonds. The molecule has 4 nitrogen and oxygen atoms in total. The third-order valence-corrected chi connectivity index (χ3v) is 4.35.